The summed E-state index contributed by atoms with van der Waals surface area (Å²) in [5.41, 5.74) is 2.96. The SMILES string of the molecule is Cc1ccc(C(C)C)c(O[C@@H](C)C(=O)Nc2ccc(OC3CCN(C)CC3)cc2)c1. The molecule has 1 N–H and O–H groups in total. The summed E-state index contributed by atoms with van der Waals surface area (Å²) in [7, 11) is 2.14. The average molecular weight is 411 g/mol. The van der Waals surface area contributed by atoms with Crippen LogP contribution in [0.1, 0.15) is 50.7 Å². The van der Waals surface area contributed by atoms with Crippen LogP contribution < -0.4 is 14.8 Å². The number of amides is 1. The Morgan fingerprint density at radius 2 is 1.73 bits per heavy atom. The lowest BCUT2D eigenvalue weighted by molar-refractivity contribution is -0.122. The molecular formula is C25H34N2O3. The van der Waals surface area contributed by atoms with Gasteiger partial charge in [0.15, 0.2) is 6.10 Å². The quantitative estimate of drug-likeness (QED) is 0.698. The van der Waals surface area contributed by atoms with E-state index >= 15 is 0 Å². The second-order valence-electron chi connectivity index (χ2n) is 8.59. The minimum Gasteiger partial charge on any atom is -0.490 e. The first-order valence-corrected chi connectivity index (χ1v) is 10.8. The van der Waals surface area contributed by atoms with Crippen LogP contribution in [0.4, 0.5) is 5.69 Å². The minimum atomic E-state index is -0.598. The molecule has 1 amide bonds. The zero-order valence-electron chi connectivity index (χ0n) is 18.8. The summed E-state index contributed by atoms with van der Waals surface area (Å²) < 4.78 is 12.1. The summed E-state index contributed by atoms with van der Waals surface area (Å²) >= 11 is 0. The van der Waals surface area contributed by atoms with E-state index in [4.69, 9.17) is 9.47 Å². The van der Waals surface area contributed by atoms with Gasteiger partial charge in [-0.1, -0.05) is 26.0 Å². The maximum atomic E-state index is 12.6. The fraction of sp³-hybridized carbons (Fsp3) is 0.480. The smallest absolute Gasteiger partial charge is 0.265 e. The van der Waals surface area contributed by atoms with E-state index in [0.717, 1.165) is 54.2 Å². The molecule has 0 spiro atoms. The average Bonchev–Trinajstić information content (AvgIpc) is 2.71. The van der Waals surface area contributed by atoms with Gasteiger partial charge in [-0.25, -0.2) is 0 Å². The lowest BCUT2D eigenvalue weighted by Crippen LogP contribution is -2.35. The monoisotopic (exact) mass is 410 g/mol. The van der Waals surface area contributed by atoms with Crippen LogP contribution in [-0.4, -0.2) is 43.2 Å². The number of aryl methyl sites for hydroxylation is 1. The molecule has 0 aliphatic carbocycles. The molecular weight excluding hydrogens is 376 g/mol. The largest absolute Gasteiger partial charge is 0.490 e. The Morgan fingerprint density at radius 1 is 1.07 bits per heavy atom. The van der Waals surface area contributed by atoms with E-state index < -0.39 is 6.10 Å². The molecule has 0 unspecified atom stereocenters. The van der Waals surface area contributed by atoms with Crippen LogP contribution >= 0.6 is 0 Å². The molecule has 1 heterocycles. The molecule has 3 rings (SSSR count). The van der Waals surface area contributed by atoms with Gasteiger partial charge >= 0.3 is 0 Å². The Morgan fingerprint density at radius 3 is 2.37 bits per heavy atom. The van der Waals surface area contributed by atoms with Crippen LogP contribution in [-0.2, 0) is 4.79 Å². The molecule has 30 heavy (non-hydrogen) atoms. The number of likely N-dealkylation sites (tertiary alicyclic amines) is 1. The summed E-state index contributed by atoms with van der Waals surface area (Å²) in [6.45, 7) is 10.2. The van der Waals surface area contributed by atoms with Gasteiger partial charge in [-0.3, -0.25) is 4.79 Å². The van der Waals surface area contributed by atoms with E-state index in [-0.39, 0.29) is 12.0 Å². The predicted octanol–water partition coefficient (Wildman–Crippen LogP) is 5.00. The Hall–Kier alpha value is -2.53. The van der Waals surface area contributed by atoms with Crippen molar-refractivity contribution in [1.29, 1.82) is 0 Å². The predicted molar refractivity (Wildman–Crippen MR) is 122 cm³/mol. The fourth-order valence-electron chi connectivity index (χ4n) is 3.62. The number of nitrogens with one attached hydrogen (secondary N) is 1. The highest BCUT2D eigenvalue weighted by atomic mass is 16.5. The van der Waals surface area contributed by atoms with Crippen molar-refractivity contribution >= 4 is 11.6 Å². The maximum absolute atomic E-state index is 12.6. The third-order valence-electron chi connectivity index (χ3n) is 5.55. The first-order valence-electron chi connectivity index (χ1n) is 10.8. The number of benzene rings is 2. The van der Waals surface area contributed by atoms with Crippen molar-refractivity contribution in [2.75, 3.05) is 25.5 Å². The maximum Gasteiger partial charge on any atom is 0.265 e. The fourth-order valence-corrected chi connectivity index (χ4v) is 3.62. The second kappa shape index (κ2) is 9.98. The summed E-state index contributed by atoms with van der Waals surface area (Å²) in [6.07, 6.45) is 1.75. The van der Waals surface area contributed by atoms with Crippen molar-refractivity contribution in [3.05, 3.63) is 53.6 Å². The number of ether oxygens (including phenoxy) is 2. The van der Waals surface area contributed by atoms with Gasteiger partial charge in [-0.15, -0.1) is 0 Å². The third-order valence-corrected chi connectivity index (χ3v) is 5.55. The highest BCUT2D eigenvalue weighted by molar-refractivity contribution is 5.94. The number of rotatable bonds is 7. The zero-order chi connectivity index (χ0) is 21.7. The standard InChI is InChI=1S/C25H34N2O3/c1-17(2)23-11-6-18(3)16-24(23)29-19(4)25(28)26-20-7-9-21(10-8-20)30-22-12-14-27(5)15-13-22/h6-11,16-17,19,22H,12-15H2,1-5H3,(H,26,28)/t19-/m0/s1. The molecule has 0 bridgehead atoms. The van der Waals surface area contributed by atoms with Crippen molar-refractivity contribution in [2.45, 2.75) is 58.7 Å². The number of anilines is 1. The number of carbonyl (C=O) groups excluding carboxylic acids is 1. The second-order valence-corrected chi connectivity index (χ2v) is 8.59. The van der Waals surface area contributed by atoms with Crippen molar-refractivity contribution in [3.63, 3.8) is 0 Å². The highest BCUT2D eigenvalue weighted by Crippen LogP contribution is 2.28. The topological polar surface area (TPSA) is 50.8 Å². The molecule has 5 heteroatoms. The van der Waals surface area contributed by atoms with Crippen LogP contribution in [0, 0.1) is 6.92 Å². The van der Waals surface area contributed by atoms with Gasteiger partial charge in [0.25, 0.3) is 5.91 Å². The van der Waals surface area contributed by atoms with E-state index in [1.807, 2.05) is 37.3 Å². The van der Waals surface area contributed by atoms with Crippen LogP contribution in [0.2, 0.25) is 0 Å². The molecule has 1 aliphatic heterocycles. The summed E-state index contributed by atoms with van der Waals surface area (Å²) in [4.78, 5) is 15.0. The first kappa shape index (κ1) is 22.2. The molecule has 1 saturated heterocycles. The van der Waals surface area contributed by atoms with E-state index in [9.17, 15) is 4.79 Å². The van der Waals surface area contributed by atoms with Gasteiger partial charge in [-0.05, 0) is 81.1 Å². The number of carbonyl (C=O) groups is 1. The molecule has 0 aromatic heterocycles. The lowest BCUT2D eigenvalue weighted by atomic mass is 10.0. The van der Waals surface area contributed by atoms with Crippen LogP contribution in [0.25, 0.3) is 0 Å². The van der Waals surface area contributed by atoms with Crippen LogP contribution in [0.3, 0.4) is 0 Å². The van der Waals surface area contributed by atoms with Gasteiger partial charge in [0, 0.05) is 18.8 Å². The van der Waals surface area contributed by atoms with Gasteiger partial charge in [0.2, 0.25) is 0 Å². The number of nitrogens with zero attached hydrogens (tertiary/aromatic N) is 1. The summed E-state index contributed by atoms with van der Waals surface area (Å²) in [6, 6.07) is 13.7. The van der Waals surface area contributed by atoms with E-state index in [1.54, 1.807) is 6.92 Å². The van der Waals surface area contributed by atoms with E-state index in [1.165, 1.54) is 0 Å². The Bertz CT molecular complexity index is 840. The number of hydrogen-bond donors (Lipinski definition) is 1. The van der Waals surface area contributed by atoms with Gasteiger partial charge in [-0.2, -0.15) is 0 Å². The zero-order valence-corrected chi connectivity index (χ0v) is 18.8. The van der Waals surface area contributed by atoms with E-state index in [2.05, 4.69) is 43.2 Å². The molecule has 2 aromatic carbocycles. The Kier molecular flexibility index (Phi) is 7.38. The van der Waals surface area contributed by atoms with Crippen molar-refractivity contribution in [3.8, 4) is 11.5 Å². The molecule has 5 nitrogen and oxygen atoms in total. The Labute approximate surface area is 180 Å². The minimum absolute atomic E-state index is 0.171. The number of hydrogen-bond acceptors (Lipinski definition) is 4. The molecule has 0 saturated carbocycles. The molecule has 162 valence electrons. The lowest BCUT2D eigenvalue weighted by Gasteiger charge is -2.29. The first-order chi connectivity index (χ1) is 14.3. The van der Waals surface area contributed by atoms with Crippen molar-refractivity contribution in [2.24, 2.45) is 0 Å². The Balaban J connectivity index is 1.56. The van der Waals surface area contributed by atoms with Crippen LogP contribution in [0.15, 0.2) is 42.5 Å². The van der Waals surface area contributed by atoms with Crippen molar-refractivity contribution < 1.29 is 14.3 Å². The van der Waals surface area contributed by atoms with Crippen molar-refractivity contribution in [1.82, 2.24) is 4.90 Å². The van der Waals surface area contributed by atoms with Gasteiger partial charge < -0.3 is 19.7 Å². The molecule has 1 fully saturated rings. The molecule has 1 aliphatic rings. The highest BCUT2D eigenvalue weighted by Gasteiger charge is 2.19. The molecule has 2 aromatic rings. The molecule has 0 radical (unpaired) electrons. The summed E-state index contributed by atoms with van der Waals surface area (Å²) in [5, 5.41) is 2.94. The third kappa shape index (κ3) is 5.99. The summed E-state index contributed by atoms with van der Waals surface area (Å²) in [5.74, 6) is 1.77. The van der Waals surface area contributed by atoms with E-state index in [0.29, 0.717) is 5.92 Å². The number of piperidine rings is 1. The molecule has 1 atom stereocenters. The normalized spacial score (nSPS) is 16.3. The van der Waals surface area contributed by atoms with Gasteiger partial charge in [0.1, 0.15) is 17.6 Å². The van der Waals surface area contributed by atoms with Crippen LogP contribution in [0.5, 0.6) is 11.5 Å². The van der Waals surface area contributed by atoms with Gasteiger partial charge in [0.05, 0.1) is 0 Å².